The Hall–Kier alpha value is -2.36. The lowest BCUT2D eigenvalue weighted by molar-refractivity contribution is 0.0946. The molecule has 0 atom stereocenters. The van der Waals surface area contributed by atoms with Crippen LogP contribution >= 0.6 is 0 Å². The fourth-order valence-corrected chi connectivity index (χ4v) is 1.86. The monoisotopic (exact) mass is 255 g/mol. The first-order valence-electron chi connectivity index (χ1n) is 6.13. The van der Waals surface area contributed by atoms with Crippen LogP contribution in [0.5, 0.6) is 0 Å². The number of pyridine rings is 1. The molecule has 98 valence electrons. The van der Waals surface area contributed by atoms with Gasteiger partial charge in [0.1, 0.15) is 5.69 Å². The zero-order valence-corrected chi connectivity index (χ0v) is 11.1. The summed E-state index contributed by atoms with van der Waals surface area (Å²) in [6.45, 7) is 0.490. The number of benzene rings is 1. The van der Waals surface area contributed by atoms with Crippen molar-refractivity contribution in [2.75, 3.05) is 19.0 Å². The molecule has 1 heterocycles. The lowest BCUT2D eigenvalue weighted by Crippen LogP contribution is -2.24. The lowest BCUT2D eigenvalue weighted by atomic mass is 10.1. The van der Waals surface area contributed by atoms with Gasteiger partial charge in [-0.15, -0.1) is 0 Å². The van der Waals surface area contributed by atoms with Gasteiger partial charge in [-0.3, -0.25) is 9.78 Å². The SMILES string of the molecule is CN(C)c1ccccc1CNC(=O)c1ccccn1. The first kappa shape index (κ1) is 13.1. The Morgan fingerprint density at radius 3 is 2.58 bits per heavy atom. The normalized spacial score (nSPS) is 10.0. The third kappa shape index (κ3) is 3.31. The molecule has 0 fully saturated rings. The van der Waals surface area contributed by atoms with Crippen LogP contribution in [-0.4, -0.2) is 25.0 Å². The number of nitrogens with one attached hydrogen (secondary N) is 1. The molecule has 0 unspecified atom stereocenters. The van der Waals surface area contributed by atoms with Gasteiger partial charge in [0, 0.05) is 32.5 Å². The summed E-state index contributed by atoms with van der Waals surface area (Å²) < 4.78 is 0. The molecule has 0 saturated heterocycles. The van der Waals surface area contributed by atoms with Gasteiger partial charge in [0.05, 0.1) is 0 Å². The van der Waals surface area contributed by atoms with E-state index in [0.717, 1.165) is 11.3 Å². The Balaban J connectivity index is 2.05. The van der Waals surface area contributed by atoms with Crippen LogP contribution in [0.3, 0.4) is 0 Å². The van der Waals surface area contributed by atoms with E-state index in [9.17, 15) is 4.79 Å². The van der Waals surface area contributed by atoms with E-state index < -0.39 is 0 Å². The number of carbonyl (C=O) groups excluding carboxylic acids is 1. The van der Waals surface area contributed by atoms with Crippen LogP contribution in [0.1, 0.15) is 16.1 Å². The number of nitrogens with zero attached hydrogens (tertiary/aromatic N) is 2. The van der Waals surface area contributed by atoms with Crippen LogP contribution < -0.4 is 10.2 Å². The molecule has 1 aromatic carbocycles. The van der Waals surface area contributed by atoms with Gasteiger partial charge in [0.2, 0.25) is 0 Å². The summed E-state index contributed by atoms with van der Waals surface area (Å²) in [7, 11) is 3.97. The fraction of sp³-hybridized carbons (Fsp3) is 0.200. The van der Waals surface area contributed by atoms with Crippen molar-refractivity contribution in [2.45, 2.75) is 6.54 Å². The predicted molar refractivity (Wildman–Crippen MR) is 76.2 cm³/mol. The first-order chi connectivity index (χ1) is 9.18. The molecule has 0 aliphatic carbocycles. The summed E-state index contributed by atoms with van der Waals surface area (Å²) in [5, 5.41) is 2.88. The van der Waals surface area contributed by atoms with Crippen molar-refractivity contribution in [3.8, 4) is 0 Å². The third-order valence-electron chi connectivity index (χ3n) is 2.81. The van der Waals surface area contributed by atoms with Crippen molar-refractivity contribution >= 4 is 11.6 Å². The molecular formula is C15H17N3O. The van der Waals surface area contributed by atoms with Crippen LogP contribution in [-0.2, 0) is 6.54 Å². The van der Waals surface area contributed by atoms with Crippen molar-refractivity contribution in [1.29, 1.82) is 0 Å². The molecule has 4 heteroatoms. The second-order valence-electron chi connectivity index (χ2n) is 4.42. The molecule has 0 saturated carbocycles. The molecule has 2 aromatic rings. The van der Waals surface area contributed by atoms with Gasteiger partial charge < -0.3 is 10.2 Å². The summed E-state index contributed by atoms with van der Waals surface area (Å²) in [5.41, 5.74) is 2.62. The largest absolute Gasteiger partial charge is 0.377 e. The summed E-state index contributed by atoms with van der Waals surface area (Å²) in [4.78, 5) is 18.0. The van der Waals surface area contributed by atoms with Crippen molar-refractivity contribution in [2.24, 2.45) is 0 Å². The number of para-hydroxylation sites is 1. The number of aromatic nitrogens is 1. The van der Waals surface area contributed by atoms with E-state index in [1.807, 2.05) is 43.3 Å². The number of hydrogen-bond donors (Lipinski definition) is 1. The van der Waals surface area contributed by atoms with Crippen molar-refractivity contribution in [3.05, 3.63) is 59.9 Å². The van der Waals surface area contributed by atoms with E-state index in [1.54, 1.807) is 24.4 Å². The highest BCUT2D eigenvalue weighted by molar-refractivity contribution is 5.92. The van der Waals surface area contributed by atoms with E-state index in [1.165, 1.54) is 0 Å². The van der Waals surface area contributed by atoms with E-state index in [0.29, 0.717) is 12.2 Å². The minimum atomic E-state index is -0.158. The number of amides is 1. The minimum absolute atomic E-state index is 0.158. The molecule has 0 aliphatic rings. The van der Waals surface area contributed by atoms with Gasteiger partial charge in [-0.25, -0.2) is 0 Å². The molecule has 4 nitrogen and oxygen atoms in total. The van der Waals surface area contributed by atoms with Gasteiger partial charge in [-0.05, 0) is 23.8 Å². The molecule has 2 rings (SSSR count). The molecule has 1 amide bonds. The highest BCUT2D eigenvalue weighted by Crippen LogP contribution is 2.17. The van der Waals surface area contributed by atoms with E-state index in [4.69, 9.17) is 0 Å². The first-order valence-corrected chi connectivity index (χ1v) is 6.13. The summed E-state index contributed by atoms with van der Waals surface area (Å²) in [6, 6.07) is 13.3. The second kappa shape index (κ2) is 6.00. The molecule has 0 bridgehead atoms. The Morgan fingerprint density at radius 1 is 1.16 bits per heavy atom. The van der Waals surface area contributed by atoms with E-state index in [-0.39, 0.29) is 5.91 Å². The van der Waals surface area contributed by atoms with Crippen LogP contribution in [0.15, 0.2) is 48.7 Å². The Morgan fingerprint density at radius 2 is 1.89 bits per heavy atom. The van der Waals surface area contributed by atoms with Gasteiger partial charge in [-0.2, -0.15) is 0 Å². The van der Waals surface area contributed by atoms with Gasteiger partial charge in [-0.1, -0.05) is 24.3 Å². The van der Waals surface area contributed by atoms with Gasteiger partial charge in [0.25, 0.3) is 5.91 Å². The predicted octanol–water partition coefficient (Wildman–Crippen LogP) is 2.08. The molecule has 1 aromatic heterocycles. The molecular weight excluding hydrogens is 238 g/mol. The fourth-order valence-electron chi connectivity index (χ4n) is 1.86. The molecule has 0 aliphatic heterocycles. The van der Waals surface area contributed by atoms with Gasteiger partial charge in [0.15, 0.2) is 0 Å². The molecule has 19 heavy (non-hydrogen) atoms. The minimum Gasteiger partial charge on any atom is -0.377 e. The van der Waals surface area contributed by atoms with Gasteiger partial charge >= 0.3 is 0 Å². The van der Waals surface area contributed by atoms with Crippen molar-refractivity contribution in [1.82, 2.24) is 10.3 Å². The third-order valence-corrected chi connectivity index (χ3v) is 2.81. The number of carbonyl (C=O) groups is 1. The quantitative estimate of drug-likeness (QED) is 0.909. The molecule has 0 radical (unpaired) electrons. The van der Waals surface area contributed by atoms with Crippen molar-refractivity contribution in [3.63, 3.8) is 0 Å². The molecule has 1 N–H and O–H groups in total. The average Bonchev–Trinajstić information content (AvgIpc) is 2.46. The zero-order valence-electron chi connectivity index (χ0n) is 11.1. The van der Waals surface area contributed by atoms with E-state index >= 15 is 0 Å². The number of hydrogen-bond acceptors (Lipinski definition) is 3. The highest BCUT2D eigenvalue weighted by atomic mass is 16.1. The summed E-state index contributed by atoms with van der Waals surface area (Å²) in [5.74, 6) is -0.158. The number of anilines is 1. The van der Waals surface area contributed by atoms with Crippen LogP contribution in [0.4, 0.5) is 5.69 Å². The zero-order chi connectivity index (χ0) is 13.7. The lowest BCUT2D eigenvalue weighted by Gasteiger charge is -2.17. The Bertz CT molecular complexity index is 552. The standard InChI is InChI=1S/C15H17N3O/c1-18(2)14-9-4-3-7-12(14)11-17-15(19)13-8-5-6-10-16-13/h3-10H,11H2,1-2H3,(H,17,19). The maximum atomic E-state index is 11.9. The topological polar surface area (TPSA) is 45.2 Å². The maximum absolute atomic E-state index is 11.9. The Kier molecular flexibility index (Phi) is 4.13. The van der Waals surface area contributed by atoms with Crippen LogP contribution in [0, 0.1) is 0 Å². The van der Waals surface area contributed by atoms with Crippen LogP contribution in [0.2, 0.25) is 0 Å². The summed E-state index contributed by atoms with van der Waals surface area (Å²) >= 11 is 0. The van der Waals surface area contributed by atoms with Crippen LogP contribution in [0.25, 0.3) is 0 Å². The average molecular weight is 255 g/mol. The van der Waals surface area contributed by atoms with E-state index in [2.05, 4.69) is 10.3 Å². The second-order valence-corrected chi connectivity index (χ2v) is 4.42. The molecule has 0 spiro atoms. The maximum Gasteiger partial charge on any atom is 0.270 e. The van der Waals surface area contributed by atoms with Crippen molar-refractivity contribution < 1.29 is 4.79 Å². The Labute approximate surface area is 113 Å². The number of rotatable bonds is 4. The summed E-state index contributed by atoms with van der Waals surface area (Å²) in [6.07, 6.45) is 1.61. The highest BCUT2D eigenvalue weighted by Gasteiger charge is 2.08. The smallest absolute Gasteiger partial charge is 0.270 e.